The average molecular weight is 324 g/mol. The molecule has 5 heteroatoms. The molecule has 0 atom stereocenters. The topological polar surface area (TPSA) is 43.2 Å². The van der Waals surface area contributed by atoms with Crippen molar-refractivity contribution in [3.8, 4) is 5.75 Å². The maximum absolute atomic E-state index is 5.84. The molecule has 0 unspecified atom stereocenters. The minimum atomic E-state index is 0.752. The number of nitrogens with zero attached hydrogens (tertiary/aromatic N) is 4. The molecule has 0 spiro atoms. The van der Waals surface area contributed by atoms with E-state index in [1.54, 1.807) is 0 Å². The number of fused-ring (bicyclic) bond motifs is 1. The van der Waals surface area contributed by atoms with Crippen LogP contribution in [-0.2, 0) is 7.05 Å². The van der Waals surface area contributed by atoms with Gasteiger partial charge in [-0.2, -0.15) is 0 Å². The molecule has 0 N–H and O–H groups in total. The molecule has 1 aromatic carbocycles. The molecule has 0 aliphatic heterocycles. The van der Waals surface area contributed by atoms with Gasteiger partial charge in [-0.05, 0) is 25.0 Å². The average Bonchev–Trinajstić information content (AvgIpc) is 2.96. The van der Waals surface area contributed by atoms with Crippen LogP contribution < -0.4 is 9.64 Å². The van der Waals surface area contributed by atoms with E-state index in [-0.39, 0.29) is 0 Å². The number of aryl methyl sites for hydroxylation is 2. The van der Waals surface area contributed by atoms with Crippen LogP contribution in [0, 0.1) is 6.92 Å². The van der Waals surface area contributed by atoms with E-state index in [9.17, 15) is 0 Å². The molecule has 0 aliphatic rings. The minimum absolute atomic E-state index is 0.752. The van der Waals surface area contributed by atoms with Gasteiger partial charge in [0.25, 0.3) is 0 Å². The lowest BCUT2D eigenvalue weighted by Gasteiger charge is -2.21. The van der Waals surface area contributed by atoms with Crippen molar-refractivity contribution < 1.29 is 4.74 Å². The van der Waals surface area contributed by atoms with Crippen molar-refractivity contribution in [1.29, 1.82) is 0 Å². The Morgan fingerprint density at radius 1 is 1.21 bits per heavy atom. The zero-order valence-corrected chi connectivity index (χ0v) is 14.8. The second-order valence-electron chi connectivity index (χ2n) is 6.10. The Balaban J connectivity index is 1.90. The summed E-state index contributed by atoms with van der Waals surface area (Å²) in [6.07, 6.45) is 5.83. The van der Waals surface area contributed by atoms with E-state index >= 15 is 0 Å². The highest BCUT2D eigenvalue weighted by atomic mass is 16.5. The molecule has 0 aliphatic carbocycles. The first kappa shape index (κ1) is 16.3. The lowest BCUT2D eigenvalue weighted by atomic mass is 10.1. The summed E-state index contributed by atoms with van der Waals surface area (Å²) < 4.78 is 7.85. The smallest absolute Gasteiger partial charge is 0.134 e. The molecular weight excluding hydrogens is 300 g/mol. The molecule has 0 saturated heterocycles. The third-order valence-electron chi connectivity index (χ3n) is 4.25. The van der Waals surface area contributed by atoms with E-state index in [2.05, 4.69) is 46.9 Å². The second kappa shape index (κ2) is 6.91. The van der Waals surface area contributed by atoms with Gasteiger partial charge in [0.15, 0.2) is 0 Å². The standard InChI is InChI=1S/C19H24N4O/c1-5-6-9-24-15-8-7-14(2)17(10-15)23(4)19-11-18-16(12-20-19)21-13-22(18)3/h7-8,10-13H,5-6,9H2,1-4H3. The Morgan fingerprint density at radius 2 is 2.04 bits per heavy atom. The van der Waals surface area contributed by atoms with Crippen molar-refractivity contribution in [2.75, 3.05) is 18.6 Å². The first-order valence-corrected chi connectivity index (χ1v) is 8.34. The van der Waals surface area contributed by atoms with Gasteiger partial charge in [0.05, 0.1) is 24.6 Å². The number of benzene rings is 1. The number of ether oxygens (including phenoxy) is 1. The van der Waals surface area contributed by atoms with Crippen LogP contribution in [0.5, 0.6) is 5.75 Å². The summed E-state index contributed by atoms with van der Waals surface area (Å²) in [5, 5.41) is 0. The number of anilines is 2. The second-order valence-corrected chi connectivity index (χ2v) is 6.10. The molecule has 24 heavy (non-hydrogen) atoms. The molecule has 2 aromatic heterocycles. The lowest BCUT2D eigenvalue weighted by molar-refractivity contribution is 0.309. The predicted octanol–water partition coefficient (Wildman–Crippen LogP) is 4.22. The van der Waals surface area contributed by atoms with Crippen molar-refractivity contribution in [2.45, 2.75) is 26.7 Å². The van der Waals surface area contributed by atoms with E-state index in [4.69, 9.17) is 4.74 Å². The van der Waals surface area contributed by atoms with Crippen molar-refractivity contribution in [2.24, 2.45) is 7.05 Å². The van der Waals surface area contributed by atoms with Crippen LogP contribution in [-0.4, -0.2) is 28.2 Å². The van der Waals surface area contributed by atoms with Crippen molar-refractivity contribution >= 4 is 22.5 Å². The minimum Gasteiger partial charge on any atom is -0.494 e. The molecule has 0 fully saturated rings. The van der Waals surface area contributed by atoms with Crippen LogP contribution in [0.25, 0.3) is 11.0 Å². The van der Waals surface area contributed by atoms with Gasteiger partial charge in [0.1, 0.15) is 17.1 Å². The molecule has 0 radical (unpaired) electrons. The third-order valence-corrected chi connectivity index (χ3v) is 4.25. The fraction of sp³-hybridized carbons (Fsp3) is 0.368. The summed E-state index contributed by atoms with van der Waals surface area (Å²) in [6.45, 7) is 5.02. The summed E-state index contributed by atoms with van der Waals surface area (Å²) in [6, 6.07) is 8.27. The highest BCUT2D eigenvalue weighted by Crippen LogP contribution is 2.30. The van der Waals surface area contributed by atoms with Crippen LogP contribution in [0.4, 0.5) is 11.5 Å². The van der Waals surface area contributed by atoms with Gasteiger partial charge in [-0.3, -0.25) is 0 Å². The number of hydrogen-bond acceptors (Lipinski definition) is 4. The summed E-state index contributed by atoms with van der Waals surface area (Å²) in [5.74, 6) is 1.79. The van der Waals surface area contributed by atoms with Gasteiger partial charge < -0.3 is 14.2 Å². The van der Waals surface area contributed by atoms with E-state index in [1.807, 2.05) is 37.3 Å². The van der Waals surface area contributed by atoms with E-state index in [1.165, 1.54) is 5.56 Å². The van der Waals surface area contributed by atoms with Crippen LogP contribution in [0.15, 0.2) is 36.8 Å². The first-order valence-electron chi connectivity index (χ1n) is 8.34. The molecule has 3 aromatic rings. The van der Waals surface area contributed by atoms with Gasteiger partial charge in [-0.1, -0.05) is 19.4 Å². The third kappa shape index (κ3) is 3.20. The monoisotopic (exact) mass is 324 g/mol. The molecule has 0 bridgehead atoms. The predicted molar refractivity (Wildman–Crippen MR) is 98.2 cm³/mol. The highest BCUT2D eigenvalue weighted by molar-refractivity contribution is 5.79. The Labute approximate surface area is 142 Å². The quantitative estimate of drug-likeness (QED) is 0.637. The van der Waals surface area contributed by atoms with Crippen LogP contribution in [0.3, 0.4) is 0 Å². The number of unbranched alkanes of at least 4 members (excludes halogenated alkanes) is 1. The SMILES string of the molecule is CCCCOc1ccc(C)c(N(C)c2cc3c(cn2)ncn3C)c1. The Hall–Kier alpha value is -2.56. The van der Waals surface area contributed by atoms with Gasteiger partial charge in [0.2, 0.25) is 0 Å². The van der Waals surface area contributed by atoms with Crippen LogP contribution in [0.2, 0.25) is 0 Å². The van der Waals surface area contributed by atoms with Gasteiger partial charge >= 0.3 is 0 Å². The van der Waals surface area contributed by atoms with Gasteiger partial charge in [-0.25, -0.2) is 9.97 Å². The van der Waals surface area contributed by atoms with E-state index in [0.29, 0.717) is 0 Å². The largest absolute Gasteiger partial charge is 0.494 e. The molecule has 0 amide bonds. The molecule has 2 heterocycles. The van der Waals surface area contributed by atoms with Gasteiger partial charge in [0, 0.05) is 31.9 Å². The Kier molecular flexibility index (Phi) is 4.69. The molecular formula is C19H24N4O. The first-order chi connectivity index (χ1) is 11.6. The van der Waals surface area contributed by atoms with Crippen molar-refractivity contribution in [3.63, 3.8) is 0 Å². The number of rotatable bonds is 6. The summed E-state index contributed by atoms with van der Waals surface area (Å²) >= 11 is 0. The molecule has 5 nitrogen and oxygen atoms in total. The van der Waals surface area contributed by atoms with Crippen LogP contribution in [0.1, 0.15) is 25.3 Å². The molecule has 0 saturated carbocycles. The molecule has 126 valence electrons. The fourth-order valence-corrected chi connectivity index (χ4v) is 2.70. The maximum Gasteiger partial charge on any atom is 0.134 e. The van der Waals surface area contributed by atoms with E-state index < -0.39 is 0 Å². The number of hydrogen-bond donors (Lipinski definition) is 0. The van der Waals surface area contributed by atoms with Crippen molar-refractivity contribution in [3.05, 3.63) is 42.4 Å². The number of aromatic nitrogens is 3. The van der Waals surface area contributed by atoms with E-state index in [0.717, 1.165) is 47.7 Å². The summed E-state index contributed by atoms with van der Waals surface area (Å²) in [4.78, 5) is 11.0. The Bertz CT molecular complexity index is 840. The normalized spacial score (nSPS) is 11.0. The maximum atomic E-state index is 5.84. The zero-order chi connectivity index (χ0) is 17.1. The number of pyridine rings is 1. The van der Waals surface area contributed by atoms with Gasteiger partial charge in [-0.15, -0.1) is 0 Å². The molecule has 3 rings (SSSR count). The van der Waals surface area contributed by atoms with Crippen molar-refractivity contribution in [1.82, 2.24) is 14.5 Å². The highest BCUT2D eigenvalue weighted by Gasteiger charge is 2.12. The van der Waals surface area contributed by atoms with Crippen LogP contribution >= 0.6 is 0 Å². The number of imidazole rings is 1. The fourth-order valence-electron chi connectivity index (χ4n) is 2.70. The summed E-state index contributed by atoms with van der Waals surface area (Å²) in [5.41, 5.74) is 4.26. The Morgan fingerprint density at radius 3 is 2.83 bits per heavy atom. The zero-order valence-electron chi connectivity index (χ0n) is 14.8. The summed E-state index contributed by atoms with van der Waals surface area (Å²) in [7, 11) is 4.02. The lowest BCUT2D eigenvalue weighted by Crippen LogP contribution is -2.13.